The second-order valence-corrected chi connectivity index (χ2v) is 9.65. The van der Waals surface area contributed by atoms with Crippen LogP contribution >= 0.6 is 0 Å². The molecule has 0 aliphatic carbocycles. The van der Waals surface area contributed by atoms with Crippen molar-refractivity contribution in [1.29, 1.82) is 5.41 Å². The van der Waals surface area contributed by atoms with Crippen LogP contribution in [0.4, 0.5) is 16.0 Å². The van der Waals surface area contributed by atoms with E-state index in [2.05, 4.69) is 15.3 Å². The lowest BCUT2D eigenvalue weighted by atomic mass is 9.98. The summed E-state index contributed by atoms with van der Waals surface area (Å²) in [6, 6.07) is 22.4. The summed E-state index contributed by atoms with van der Waals surface area (Å²) in [7, 11) is 0. The molecule has 0 aliphatic heterocycles. The molecule has 0 fully saturated rings. The number of nitrogens with zero attached hydrogens (tertiary/aromatic N) is 2. The lowest BCUT2D eigenvalue weighted by Crippen LogP contribution is -2.18. The third-order valence-electron chi connectivity index (χ3n) is 6.92. The van der Waals surface area contributed by atoms with E-state index < -0.39 is 11.9 Å². The zero-order valence-electron chi connectivity index (χ0n) is 21.9. The summed E-state index contributed by atoms with van der Waals surface area (Å²) in [6.07, 6.45) is 1.29. The zero-order valence-corrected chi connectivity index (χ0v) is 21.9. The number of phenols is 1. The van der Waals surface area contributed by atoms with Crippen molar-refractivity contribution in [3.05, 3.63) is 124 Å². The monoisotopic (exact) mass is 545 g/mol. The SMILES string of the molecule is CC(Nc1ncnc(N)c1C(=N)c1ccc2cc(O)ccc2c1)c1oc2ccccc2c(=O)c1-c1cccc(F)c1. The van der Waals surface area contributed by atoms with Crippen molar-refractivity contribution in [2.45, 2.75) is 13.0 Å². The van der Waals surface area contributed by atoms with Gasteiger partial charge in [-0.05, 0) is 65.7 Å². The number of anilines is 2. The maximum atomic E-state index is 14.2. The molecule has 0 bridgehead atoms. The van der Waals surface area contributed by atoms with Gasteiger partial charge in [0.05, 0.1) is 28.3 Å². The Bertz CT molecular complexity index is 2040. The predicted octanol–water partition coefficient (Wildman–Crippen LogP) is 6.42. The number of rotatable bonds is 6. The van der Waals surface area contributed by atoms with Crippen LogP contribution in [0.5, 0.6) is 5.75 Å². The number of benzene rings is 4. The number of fused-ring (bicyclic) bond motifs is 2. The van der Waals surface area contributed by atoms with Gasteiger partial charge in [-0.3, -0.25) is 10.2 Å². The minimum absolute atomic E-state index is 0.0816. The maximum Gasteiger partial charge on any atom is 0.200 e. The number of para-hydroxylation sites is 1. The Morgan fingerprint density at radius 2 is 1.78 bits per heavy atom. The van der Waals surface area contributed by atoms with Crippen LogP contribution < -0.4 is 16.5 Å². The van der Waals surface area contributed by atoms with Crippen molar-refractivity contribution in [1.82, 2.24) is 9.97 Å². The summed E-state index contributed by atoms with van der Waals surface area (Å²) in [5.74, 6) is 0.308. The predicted molar refractivity (Wildman–Crippen MR) is 158 cm³/mol. The van der Waals surface area contributed by atoms with Crippen LogP contribution in [0.2, 0.25) is 0 Å². The van der Waals surface area contributed by atoms with Crippen molar-refractivity contribution in [2.24, 2.45) is 0 Å². The Morgan fingerprint density at radius 1 is 1.00 bits per heavy atom. The fraction of sp³-hybridized carbons (Fsp3) is 0.0625. The first-order valence-corrected chi connectivity index (χ1v) is 12.8. The van der Waals surface area contributed by atoms with Gasteiger partial charge in [-0.2, -0.15) is 0 Å². The standard InChI is InChI=1S/C32H24FN5O3/c1-17(30-26(20-5-4-6-22(33)14-20)29(40)24-7-2-3-8-25(24)41-30)38-32-27(31(35)36-16-37-32)28(34)21-10-9-19-15-23(39)12-11-18(19)13-21/h2-17,34,39H,1H3,(H3,35,36,37,38). The quantitative estimate of drug-likeness (QED) is 0.177. The largest absolute Gasteiger partial charge is 0.508 e. The fourth-order valence-electron chi connectivity index (χ4n) is 4.94. The molecule has 0 radical (unpaired) electrons. The molecular weight excluding hydrogens is 521 g/mol. The summed E-state index contributed by atoms with van der Waals surface area (Å²) >= 11 is 0. The molecule has 5 N–H and O–H groups in total. The number of aromatic hydroxyl groups is 1. The molecular formula is C32H24FN5O3. The highest BCUT2D eigenvalue weighted by atomic mass is 19.1. The first-order valence-electron chi connectivity index (χ1n) is 12.8. The van der Waals surface area contributed by atoms with Gasteiger partial charge in [0, 0.05) is 5.56 Å². The number of nitrogen functional groups attached to an aromatic ring is 1. The maximum absolute atomic E-state index is 14.2. The highest BCUT2D eigenvalue weighted by Crippen LogP contribution is 2.33. The molecule has 6 rings (SSSR count). The minimum atomic E-state index is -0.647. The van der Waals surface area contributed by atoms with Gasteiger partial charge < -0.3 is 20.6 Å². The molecule has 0 amide bonds. The lowest BCUT2D eigenvalue weighted by molar-refractivity contribution is 0.476. The first-order chi connectivity index (χ1) is 19.8. The molecule has 0 spiro atoms. The molecule has 1 unspecified atom stereocenters. The van der Waals surface area contributed by atoms with E-state index in [0.717, 1.165) is 10.8 Å². The molecule has 2 heterocycles. The van der Waals surface area contributed by atoms with Crippen molar-refractivity contribution < 1.29 is 13.9 Å². The number of aromatic nitrogens is 2. The van der Waals surface area contributed by atoms with Gasteiger partial charge in [0.1, 0.15) is 40.9 Å². The van der Waals surface area contributed by atoms with Crippen LogP contribution in [-0.2, 0) is 0 Å². The lowest BCUT2D eigenvalue weighted by Gasteiger charge is -2.20. The number of halogens is 1. The van der Waals surface area contributed by atoms with Gasteiger partial charge >= 0.3 is 0 Å². The van der Waals surface area contributed by atoms with E-state index >= 15 is 0 Å². The molecule has 0 aliphatic rings. The smallest absolute Gasteiger partial charge is 0.200 e. The number of hydrogen-bond acceptors (Lipinski definition) is 8. The normalized spacial score (nSPS) is 12.0. The molecule has 0 saturated heterocycles. The third-order valence-corrected chi connectivity index (χ3v) is 6.92. The van der Waals surface area contributed by atoms with Crippen molar-refractivity contribution in [2.75, 3.05) is 11.1 Å². The van der Waals surface area contributed by atoms with Gasteiger partial charge in [-0.1, -0.05) is 42.5 Å². The van der Waals surface area contributed by atoms with Gasteiger partial charge in [0.15, 0.2) is 0 Å². The summed E-state index contributed by atoms with van der Waals surface area (Å²) in [6.45, 7) is 1.78. The minimum Gasteiger partial charge on any atom is -0.508 e. The second-order valence-electron chi connectivity index (χ2n) is 9.65. The summed E-state index contributed by atoms with van der Waals surface area (Å²) in [5, 5.41) is 24.1. The molecule has 2 aromatic heterocycles. The van der Waals surface area contributed by atoms with Crippen LogP contribution in [0.15, 0.2) is 100 Å². The van der Waals surface area contributed by atoms with Crippen molar-refractivity contribution >= 4 is 39.1 Å². The molecule has 1 atom stereocenters. The molecule has 202 valence electrons. The third kappa shape index (κ3) is 4.74. The van der Waals surface area contributed by atoms with Crippen LogP contribution in [0.3, 0.4) is 0 Å². The topological polar surface area (TPSA) is 138 Å². The van der Waals surface area contributed by atoms with Gasteiger partial charge in [0.2, 0.25) is 5.43 Å². The van der Waals surface area contributed by atoms with Crippen molar-refractivity contribution in [3.8, 4) is 16.9 Å². The van der Waals surface area contributed by atoms with Crippen molar-refractivity contribution in [3.63, 3.8) is 0 Å². The summed E-state index contributed by atoms with van der Waals surface area (Å²) in [5.41, 5.74) is 7.88. The van der Waals surface area contributed by atoms with Crippen LogP contribution in [0.1, 0.15) is 29.9 Å². The van der Waals surface area contributed by atoms with E-state index in [-0.39, 0.29) is 45.4 Å². The Labute approximate surface area is 233 Å². The average Bonchev–Trinajstić information content (AvgIpc) is 2.96. The summed E-state index contributed by atoms with van der Waals surface area (Å²) in [4.78, 5) is 22.1. The average molecular weight is 546 g/mol. The van der Waals surface area contributed by atoms with Gasteiger partial charge in [-0.15, -0.1) is 0 Å². The second kappa shape index (κ2) is 10.2. The van der Waals surface area contributed by atoms with E-state index in [1.165, 1.54) is 24.5 Å². The number of phenolic OH excluding ortho intramolecular Hbond substituents is 1. The number of nitrogens with two attached hydrogens (primary N) is 1. The number of hydrogen-bond donors (Lipinski definition) is 4. The molecule has 8 nitrogen and oxygen atoms in total. The summed E-state index contributed by atoms with van der Waals surface area (Å²) < 4.78 is 20.5. The van der Waals surface area contributed by atoms with Gasteiger partial charge in [-0.25, -0.2) is 14.4 Å². The fourth-order valence-corrected chi connectivity index (χ4v) is 4.94. The molecule has 0 saturated carbocycles. The van der Waals surface area contributed by atoms with Crippen LogP contribution in [-0.4, -0.2) is 20.8 Å². The Balaban J connectivity index is 1.44. The van der Waals surface area contributed by atoms with E-state index in [1.54, 1.807) is 61.5 Å². The highest BCUT2D eigenvalue weighted by molar-refractivity contribution is 6.17. The van der Waals surface area contributed by atoms with E-state index in [0.29, 0.717) is 22.1 Å². The Hall–Kier alpha value is -5.57. The molecule has 6 aromatic rings. The first kappa shape index (κ1) is 25.7. The highest BCUT2D eigenvalue weighted by Gasteiger charge is 2.24. The molecule has 41 heavy (non-hydrogen) atoms. The van der Waals surface area contributed by atoms with E-state index in [1.807, 2.05) is 12.1 Å². The molecule has 9 heteroatoms. The Kier molecular flexibility index (Phi) is 6.39. The Morgan fingerprint density at radius 3 is 2.61 bits per heavy atom. The number of nitrogens with one attached hydrogen (secondary N) is 2. The van der Waals surface area contributed by atoms with Crippen LogP contribution in [0.25, 0.3) is 32.9 Å². The van der Waals surface area contributed by atoms with Gasteiger partial charge in [0.25, 0.3) is 0 Å². The van der Waals surface area contributed by atoms with E-state index in [9.17, 15) is 14.3 Å². The molecule has 4 aromatic carbocycles. The van der Waals surface area contributed by atoms with E-state index in [4.69, 9.17) is 15.6 Å². The zero-order chi connectivity index (χ0) is 28.7. The van der Waals surface area contributed by atoms with Crippen LogP contribution in [0, 0.1) is 11.2 Å².